The first kappa shape index (κ1) is 11.3. The Morgan fingerprint density at radius 3 is 2.88 bits per heavy atom. The molecule has 0 spiro atoms. The number of aromatic nitrogens is 6. The second-order valence-electron chi connectivity index (χ2n) is 4.13. The van der Waals surface area contributed by atoms with Crippen LogP contribution in [0.5, 0.6) is 0 Å². The van der Waals surface area contributed by atoms with E-state index in [1.54, 1.807) is 4.68 Å². The van der Waals surface area contributed by atoms with Crippen LogP contribution in [-0.4, -0.2) is 29.5 Å². The summed E-state index contributed by atoms with van der Waals surface area (Å²) in [7, 11) is 0. The third kappa shape index (κ3) is 2.66. The Morgan fingerprint density at radius 1 is 1.41 bits per heavy atom. The summed E-state index contributed by atoms with van der Waals surface area (Å²) < 4.78 is 3.43. The summed E-state index contributed by atoms with van der Waals surface area (Å²) in [5.74, 6) is 1.48. The first-order valence-corrected chi connectivity index (χ1v) is 5.35. The van der Waals surface area contributed by atoms with Gasteiger partial charge in [0.1, 0.15) is 31.1 Å². The molecule has 0 aliphatic rings. The lowest BCUT2D eigenvalue weighted by Crippen LogP contribution is -2.13. The molecule has 2 heterocycles. The van der Waals surface area contributed by atoms with Gasteiger partial charge in [0.2, 0.25) is 0 Å². The summed E-state index contributed by atoms with van der Waals surface area (Å²) in [5, 5.41) is 16.8. The van der Waals surface area contributed by atoms with Crippen molar-refractivity contribution in [1.82, 2.24) is 29.5 Å². The number of nitriles is 1. The maximum Gasteiger partial charge on any atom is 0.252 e. The monoisotopic (exact) mass is 231 g/mol. The van der Waals surface area contributed by atoms with E-state index in [1.807, 2.05) is 10.8 Å². The van der Waals surface area contributed by atoms with Gasteiger partial charge in [0.15, 0.2) is 0 Å². The molecule has 7 nitrogen and oxygen atoms in total. The van der Waals surface area contributed by atoms with Crippen LogP contribution in [0.2, 0.25) is 0 Å². The SMILES string of the molecule is CC(C)Cn1ncnc1Cn1cnc(C#N)n1. The first-order chi connectivity index (χ1) is 8.19. The Kier molecular flexibility index (Phi) is 3.14. The van der Waals surface area contributed by atoms with Crippen molar-refractivity contribution < 1.29 is 0 Å². The van der Waals surface area contributed by atoms with Crippen LogP contribution in [0.25, 0.3) is 0 Å². The largest absolute Gasteiger partial charge is 0.252 e. The van der Waals surface area contributed by atoms with Crippen LogP contribution in [0.15, 0.2) is 12.7 Å². The summed E-state index contributed by atoms with van der Waals surface area (Å²) in [6, 6.07) is 1.89. The molecule has 0 aliphatic carbocycles. The molecule has 0 fully saturated rings. The van der Waals surface area contributed by atoms with E-state index in [2.05, 4.69) is 34.0 Å². The van der Waals surface area contributed by atoms with Gasteiger partial charge in [0.05, 0.1) is 0 Å². The Hall–Kier alpha value is -2.23. The quantitative estimate of drug-likeness (QED) is 0.762. The zero-order chi connectivity index (χ0) is 12.3. The van der Waals surface area contributed by atoms with Gasteiger partial charge in [0.25, 0.3) is 5.82 Å². The van der Waals surface area contributed by atoms with Gasteiger partial charge in [-0.2, -0.15) is 10.4 Å². The number of hydrogen-bond acceptors (Lipinski definition) is 5. The highest BCUT2D eigenvalue weighted by atomic mass is 15.4. The summed E-state index contributed by atoms with van der Waals surface area (Å²) in [4.78, 5) is 8.02. The van der Waals surface area contributed by atoms with Crippen molar-refractivity contribution in [2.45, 2.75) is 26.9 Å². The van der Waals surface area contributed by atoms with E-state index in [1.165, 1.54) is 12.7 Å². The fraction of sp³-hybridized carbons (Fsp3) is 0.500. The van der Waals surface area contributed by atoms with E-state index in [9.17, 15) is 0 Å². The maximum atomic E-state index is 8.63. The molecular weight excluding hydrogens is 218 g/mol. The van der Waals surface area contributed by atoms with E-state index in [-0.39, 0.29) is 5.82 Å². The van der Waals surface area contributed by atoms with Crippen LogP contribution in [0.3, 0.4) is 0 Å². The third-order valence-electron chi connectivity index (χ3n) is 2.17. The van der Waals surface area contributed by atoms with Crippen molar-refractivity contribution >= 4 is 0 Å². The highest BCUT2D eigenvalue weighted by Crippen LogP contribution is 2.02. The van der Waals surface area contributed by atoms with E-state index in [0.717, 1.165) is 12.4 Å². The Bertz CT molecular complexity index is 531. The van der Waals surface area contributed by atoms with Crippen LogP contribution >= 0.6 is 0 Å². The van der Waals surface area contributed by atoms with E-state index >= 15 is 0 Å². The van der Waals surface area contributed by atoms with Crippen LogP contribution in [-0.2, 0) is 13.1 Å². The van der Waals surface area contributed by atoms with Gasteiger partial charge < -0.3 is 0 Å². The lowest BCUT2D eigenvalue weighted by atomic mass is 10.2. The molecule has 0 aromatic carbocycles. The van der Waals surface area contributed by atoms with Gasteiger partial charge in [-0.05, 0) is 5.92 Å². The third-order valence-corrected chi connectivity index (χ3v) is 2.17. The Morgan fingerprint density at radius 2 is 2.24 bits per heavy atom. The maximum absolute atomic E-state index is 8.63. The van der Waals surface area contributed by atoms with Gasteiger partial charge in [-0.1, -0.05) is 13.8 Å². The highest BCUT2D eigenvalue weighted by Gasteiger charge is 2.08. The van der Waals surface area contributed by atoms with Crippen LogP contribution < -0.4 is 0 Å². The molecule has 2 aromatic rings. The number of nitrogens with zero attached hydrogens (tertiary/aromatic N) is 7. The van der Waals surface area contributed by atoms with Crippen molar-refractivity contribution in [2.24, 2.45) is 5.92 Å². The normalized spacial score (nSPS) is 10.7. The lowest BCUT2D eigenvalue weighted by Gasteiger charge is -2.07. The van der Waals surface area contributed by atoms with Crippen molar-refractivity contribution in [3.05, 3.63) is 24.3 Å². The molecule has 0 atom stereocenters. The average Bonchev–Trinajstić information content (AvgIpc) is 2.89. The molecule has 0 bridgehead atoms. The molecular formula is C10H13N7. The Balaban J connectivity index is 2.13. The molecule has 0 saturated heterocycles. The van der Waals surface area contributed by atoms with E-state index in [4.69, 9.17) is 5.26 Å². The fourth-order valence-corrected chi connectivity index (χ4v) is 1.48. The van der Waals surface area contributed by atoms with Gasteiger partial charge in [-0.25, -0.2) is 19.3 Å². The molecule has 0 radical (unpaired) electrons. The molecule has 2 rings (SSSR count). The second kappa shape index (κ2) is 4.74. The van der Waals surface area contributed by atoms with Crippen LogP contribution in [0, 0.1) is 17.2 Å². The molecule has 88 valence electrons. The molecule has 0 unspecified atom stereocenters. The van der Waals surface area contributed by atoms with Gasteiger partial charge in [-0.3, -0.25) is 0 Å². The average molecular weight is 231 g/mol. The smallest absolute Gasteiger partial charge is 0.248 e. The molecule has 0 aliphatic heterocycles. The first-order valence-electron chi connectivity index (χ1n) is 5.35. The molecule has 17 heavy (non-hydrogen) atoms. The van der Waals surface area contributed by atoms with E-state index in [0.29, 0.717) is 12.5 Å². The molecule has 7 heteroatoms. The summed E-state index contributed by atoms with van der Waals surface area (Å²) in [5.41, 5.74) is 0. The highest BCUT2D eigenvalue weighted by molar-refractivity contribution is 5.05. The summed E-state index contributed by atoms with van der Waals surface area (Å²) in [6.45, 7) is 5.53. The predicted molar refractivity (Wildman–Crippen MR) is 58.7 cm³/mol. The summed E-state index contributed by atoms with van der Waals surface area (Å²) in [6.07, 6.45) is 3.05. The molecule has 0 saturated carbocycles. The zero-order valence-electron chi connectivity index (χ0n) is 9.78. The molecule has 2 aromatic heterocycles. The minimum Gasteiger partial charge on any atom is -0.248 e. The van der Waals surface area contributed by atoms with Crippen LogP contribution in [0.1, 0.15) is 25.5 Å². The van der Waals surface area contributed by atoms with E-state index < -0.39 is 0 Å². The summed E-state index contributed by atoms with van der Waals surface area (Å²) >= 11 is 0. The topological polar surface area (TPSA) is 85.2 Å². The van der Waals surface area contributed by atoms with Crippen molar-refractivity contribution in [2.75, 3.05) is 0 Å². The predicted octanol–water partition coefficient (Wildman–Crippen LogP) is 0.446. The zero-order valence-corrected chi connectivity index (χ0v) is 9.78. The van der Waals surface area contributed by atoms with Gasteiger partial charge in [-0.15, -0.1) is 5.10 Å². The van der Waals surface area contributed by atoms with Crippen LogP contribution in [0.4, 0.5) is 0 Å². The lowest BCUT2D eigenvalue weighted by molar-refractivity contribution is 0.456. The molecule has 0 amide bonds. The minimum absolute atomic E-state index is 0.167. The second-order valence-corrected chi connectivity index (χ2v) is 4.13. The van der Waals surface area contributed by atoms with Crippen molar-refractivity contribution in [3.8, 4) is 6.07 Å². The standard InChI is InChI=1S/C10H13N7/c1-8(2)4-17-10(12-6-14-17)5-16-7-13-9(3-11)15-16/h6-8H,4-5H2,1-2H3. The van der Waals surface area contributed by atoms with Gasteiger partial charge in [0, 0.05) is 6.54 Å². The minimum atomic E-state index is 0.167. The van der Waals surface area contributed by atoms with Crippen molar-refractivity contribution in [1.29, 1.82) is 5.26 Å². The fourth-order valence-electron chi connectivity index (χ4n) is 1.48. The number of hydrogen-bond donors (Lipinski definition) is 0. The number of rotatable bonds is 4. The molecule has 0 N–H and O–H groups in total. The Labute approximate surface area is 98.7 Å². The van der Waals surface area contributed by atoms with Gasteiger partial charge >= 0.3 is 0 Å². The van der Waals surface area contributed by atoms with Crippen molar-refractivity contribution in [3.63, 3.8) is 0 Å².